The third kappa shape index (κ3) is 2.95. The molecule has 0 aliphatic heterocycles. The van der Waals surface area contributed by atoms with Gasteiger partial charge in [-0.2, -0.15) is 0 Å². The highest BCUT2D eigenvalue weighted by Gasteiger charge is 2.24. The molecule has 22 heavy (non-hydrogen) atoms. The SMILES string of the molecule is NC(=O)c1c(SCC(=O)NC2CC2)sc2c(O)cc(=O)[nH]c12. The number of nitrogens with two attached hydrogens (primary N) is 1. The topological polar surface area (TPSA) is 125 Å². The van der Waals surface area contributed by atoms with Gasteiger partial charge in [-0.05, 0) is 12.8 Å². The summed E-state index contributed by atoms with van der Waals surface area (Å²) in [6.07, 6.45) is 2.00. The number of thiophene rings is 1. The highest BCUT2D eigenvalue weighted by molar-refractivity contribution is 8.02. The number of aromatic nitrogens is 1. The molecule has 2 heterocycles. The van der Waals surface area contributed by atoms with Gasteiger partial charge in [0.15, 0.2) is 0 Å². The minimum Gasteiger partial charge on any atom is -0.506 e. The predicted molar refractivity (Wildman–Crippen MR) is 84.5 cm³/mol. The number of aromatic amines is 1. The molecule has 2 aromatic rings. The van der Waals surface area contributed by atoms with Crippen LogP contribution >= 0.6 is 23.1 Å². The quantitative estimate of drug-likeness (QED) is 0.599. The lowest BCUT2D eigenvalue weighted by atomic mass is 10.2. The van der Waals surface area contributed by atoms with Gasteiger partial charge in [-0.25, -0.2) is 0 Å². The Bertz CT molecular complexity index is 823. The van der Waals surface area contributed by atoms with E-state index in [0.29, 0.717) is 8.91 Å². The van der Waals surface area contributed by atoms with Crippen LogP contribution in [0.2, 0.25) is 0 Å². The zero-order valence-electron chi connectivity index (χ0n) is 11.3. The third-order valence-corrected chi connectivity index (χ3v) is 5.63. The van der Waals surface area contributed by atoms with Gasteiger partial charge in [-0.15, -0.1) is 23.1 Å². The first-order chi connectivity index (χ1) is 10.5. The molecule has 5 N–H and O–H groups in total. The molecule has 0 unspecified atom stereocenters. The van der Waals surface area contributed by atoms with E-state index in [9.17, 15) is 19.5 Å². The number of carbonyl (C=O) groups excluding carboxylic acids is 2. The van der Waals surface area contributed by atoms with Crippen molar-refractivity contribution in [3.05, 3.63) is 22.0 Å². The normalized spacial score (nSPS) is 14.2. The maximum absolute atomic E-state index is 11.7. The molecule has 0 atom stereocenters. The first-order valence-electron chi connectivity index (χ1n) is 6.56. The third-order valence-electron chi connectivity index (χ3n) is 3.15. The molecule has 3 rings (SSSR count). The van der Waals surface area contributed by atoms with Crippen LogP contribution in [0.1, 0.15) is 23.2 Å². The lowest BCUT2D eigenvalue weighted by Crippen LogP contribution is -2.27. The highest BCUT2D eigenvalue weighted by atomic mass is 32.2. The predicted octanol–water partition coefficient (Wildman–Crippen LogP) is 0.765. The van der Waals surface area contributed by atoms with E-state index in [4.69, 9.17) is 5.73 Å². The summed E-state index contributed by atoms with van der Waals surface area (Å²) >= 11 is 2.29. The maximum Gasteiger partial charge on any atom is 0.252 e. The van der Waals surface area contributed by atoms with Crippen LogP contribution in [-0.2, 0) is 4.79 Å². The molecule has 7 nitrogen and oxygen atoms in total. The summed E-state index contributed by atoms with van der Waals surface area (Å²) in [4.78, 5) is 37.4. The number of hydrogen-bond donors (Lipinski definition) is 4. The molecular weight excluding hydrogens is 326 g/mol. The molecule has 0 aromatic carbocycles. The Hall–Kier alpha value is -2.00. The first-order valence-corrected chi connectivity index (χ1v) is 8.36. The molecular formula is C13H13N3O4S2. The van der Waals surface area contributed by atoms with Gasteiger partial charge in [0.2, 0.25) is 5.91 Å². The summed E-state index contributed by atoms with van der Waals surface area (Å²) in [5.74, 6) is -0.884. The summed E-state index contributed by atoms with van der Waals surface area (Å²) in [6.45, 7) is 0. The fourth-order valence-corrected chi connectivity index (χ4v) is 4.28. The number of rotatable bonds is 5. The van der Waals surface area contributed by atoms with E-state index in [1.54, 1.807) is 0 Å². The number of amides is 2. The molecule has 9 heteroatoms. The Kier molecular flexibility index (Phi) is 3.83. The number of fused-ring (bicyclic) bond motifs is 1. The van der Waals surface area contributed by atoms with Crippen LogP contribution in [0.15, 0.2) is 15.1 Å². The fourth-order valence-electron chi connectivity index (χ4n) is 2.01. The van der Waals surface area contributed by atoms with E-state index in [-0.39, 0.29) is 34.5 Å². The van der Waals surface area contributed by atoms with Crippen LogP contribution in [0.25, 0.3) is 10.2 Å². The molecule has 116 valence electrons. The van der Waals surface area contributed by atoms with Crippen molar-refractivity contribution < 1.29 is 14.7 Å². The van der Waals surface area contributed by atoms with E-state index in [2.05, 4.69) is 10.3 Å². The Balaban J connectivity index is 1.92. The number of aromatic hydroxyl groups is 1. The molecule has 1 fully saturated rings. The van der Waals surface area contributed by atoms with Gasteiger partial charge in [0.05, 0.1) is 25.7 Å². The zero-order chi connectivity index (χ0) is 15.9. The zero-order valence-corrected chi connectivity index (χ0v) is 13.0. The van der Waals surface area contributed by atoms with Crippen molar-refractivity contribution in [1.29, 1.82) is 0 Å². The summed E-state index contributed by atoms with van der Waals surface area (Å²) in [5.41, 5.74) is 5.20. The average molecular weight is 339 g/mol. The van der Waals surface area contributed by atoms with Gasteiger partial charge in [-0.3, -0.25) is 14.4 Å². The second kappa shape index (κ2) is 5.65. The van der Waals surface area contributed by atoms with Crippen molar-refractivity contribution in [3.8, 4) is 5.75 Å². The molecule has 0 spiro atoms. The second-order valence-corrected chi connectivity index (χ2v) is 7.25. The minimum atomic E-state index is -0.711. The number of thioether (sulfide) groups is 1. The number of nitrogens with one attached hydrogen (secondary N) is 2. The molecule has 0 saturated heterocycles. The van der Waals surface area contributed by atoms with Crippen molar-refractivity contribution in [3.63, 3.8) is 0 Å². The maximum atomic E-state index is 11.7. The second-order valence-electron chi connectivity index (χ2n) is 4.98. The first kappa shape index (κ1) is 14.9. The van der Waals surface area contributed by atoms with E-state index < -0.39 is 11.5 Å². The van der Waals surface area contributed by atoms with E-state index in [1.165, 1.54) is 11.8 Å². The number of H-pyrrole nitrogens is 1. The number of hydrogen-bond acceptors (Lipinski definition) is 6. The standard InChI is InChI=1S/C13H13N3O4S2/c14-12(20)9-10-11(6(17)3-7(18)16-10)22-13(9)21-4-8(19)15-5-1-2-5/h3,5H,1-2,4H2,(H2,14,20)(H,15,19)(H2,16,17,18). The van der Waals surface area contributed by atoms with E-state index in [0.717, 1.165) is 30.2 Å². The van der Waals surface area contributed by atoms with Gasteiger partial charge < -0.3 is 21.1 Å². The van der Waals surface area contributed by atoms with Gasteiger partial charge in [0, 0.05) is 12.1 Å². The Labute approximate surface area is 132 Å². The summed E-state index contributed by atoms with van der Waals surface area (Å²) in [7, 11) is 0. The number of carbonyl (C=O) groups is 2. The molecule has 0 radical (unpaired) electrons. The average Bonchev–Trinajstić information content (AvgIpc) is 3.14. The van der Waals surface area contributed by atoms with Crippen molar-refractivity contribution in [1.82, 2.24) is 10.3 Å². The largest absolute Gasteiger partial charge is 0.506 e. The van der Waals surface area contributed by atoms with Gasteiger partial charge >= 0.3 is 0 Å². The Morgan fingerprint density at radius 1 is 1.50 bits per heavy atom. The fraction of sp³-hybridized carbons (Fsp3) is 0.308. The van der Waals surface area contributed by atoms with Crippen molar-refractivity contribution in [2.45, 2.75) is 23.1 Å². The molecule has 2 amide bonds. The molecule has 1 aliphatic carbocycles. The lowest BCUT2D eigenvalue weighted by molar-refractivity contribution is -0.118. The van der Waals surface area contributed by atoms with Crippen LogP contribution in [0, 0.1) is 0 Å². The van der Waals surface area contributed by atoms with E-state index >= 15 is 0 Å². The monoisotopic (exact) mass is 339 g/mol. The minimum absolute atomic E-state index is 0.113. The van der Waals surface area contributed by atoms with Crippen LogP contribution in [0.4, 0.5) is 0 Å². The number of pyridine rings is 1. The number of primary amides is 1. The van der Waals surface area contributed by atoms with Crippen molar-refractivity contribution in [2.75, 3.05) is 5.75 Å². The van der Waals surface area contributed by atoms with Crippen molar-refractivity contribution in [2.24, 2.45) is 5.73 Å². The summed E-state index contributed by atoms with van der Waals surface area (Å²) in [6, 6.07) is 1.31. The van der Waals surface area contributed by atoms with E-state index in [1.807, 2.05) is 0 Å². The van der Waals surface area contributed by atoms with Gasteiger partial charge in [0.1, 0.15) is 5.75 Å². The van der Waals surface area contributed by atoms with Crippen LogP contribution < -0.4 is 16.6 Å². The molecule has 0 bridgehead atoms. The van der Waals surface area contributed by atoms with Crippen LogP contribution in [0.5, 0.6) is 5.75 Å². The van der Waals surface area contributed by atoms with Gasteiger partial charge in [-0.1, -0.05) is 0 Å². The smallest absolute Gasteiger partial charge is 0.252 e. The van der Waals surface area contributed by atoms with Crippen LogP contribution in [-0.4, -0.2) is 33.7 Å². The summed E-state index contributed by atoms with van der Waals surface area (Å²) in [5, 5.41) is 12.7. The summed E-state index contributed by atoms with van der Waals surface area (Å²) < 4.78 is 0.879. The van der Waals surface area contributed by atoms with Gasteiger partial charge in [0.25, 0.3) is 11.5 Å². The Morgan fingerprint density at radius 2 is 2.23 bits per heavy atom. The van der Waals surface area contributed by atoms with Crippen molar-refractivity contribution >= 4 is 45.1 Å². The molecule has 2 aromatic heterocycles. The lowest BCUT2D eigenvalue weighted by Gasteiger charge is -2.02. The highest BCUT2D eigenvalue weighted by Crippen LogP contribution is 2.40. The van der Waals surface area contributed by atoms with Crippen LogP contribution in [0.3, 0.4) is 0 Å². The molecule has 1 aliphatic rings. The Morgan fingerprint density at radius 3 is 2.86 bits per heavy atom. The molecule has 1 saturated carbocycles.